The maximum Gasteiger partial charge on any atom is 0.325 e. The number of ether oxygens (including phenoxy) is 1. The van der Waals surface area contributed by atoms with E-state index in [1.807, 2.05) is 45.9 Å². The van der Waals surface area contributed by atoms with Crippen molar-refractivity contribution >= 4 is 11.9 Å². The van der Waals surface area contributed by atoms with E-state index in [4.69, 9.17) is 4.74 Å². The molecule has 4 nitrogen and oxygen atoms in total. The van der Waals surface area contributed by atoms with Gasteiger partial charge in [-0.25, -0.2) is 0 Å². The molecule has 1 aromatic rings. The molecular formula is C16H23NO3. The normalized spacial score (nSPS) is 10.5. The summed E-state index contributed by atoms with van der Waals surface area (Å²) in [6.45, 7) is 9.66. The highest BCUT2D eigenvalue weighted by molar-refractivity contribution is 5.98. The second kappa shape index (κ2) is 7.08. The van der Waals surface area contributed by atoms with E-state index in [9.17, 15) is 9.59 Å². The first-order chi connectivity index (χ1) is 9.38. The third-order valence-electron chi connectivity index (χ3n) is 3.18. The van der Waals surface area contributed by atoms with Gasteiger partial charge in [0.15, 0.2) is 0 Å². The average molecular weight is 277 g/mol. The molecule has 1 aromatic carbocycles. The van der Waals surface area contributed by atoms with E-state index >= 15 is 0 Å². The van der Waals surface area contributed by atoms with E-state index in [-0.39, 0.29) is 24.5 Å². The van der Waals surface area contributed by atoms with Gasteiger partial charge in [0, 0.05) is 11.6 Å². The van der Waals surface area contributed by atoms with Crippen LogP contribution in [0, 0.1) is 13.8 Å². The zero-order chi connectivity index (χ0) is 15.3. The van der Waals surface area contributed by atoms with E-state index in [0.717, 1.165) is 11.1 Å². The molecule has 0 aliphatic rings. The van der Waals surface area contributed by atoms with Crippen LogP contribution in [0.4, 0.5) is 0 Å². The minimum absolute atomic E-state index is 0.0158. The van der Waals surface area contributed by atoms with E-state index in [1.54, 1.807) is 11.8 Å². The third-order valence-corrected chi connectivity index (χ3v) is 3.18. The Morgan fingerprint density at radius 2 is 1.75 bits per heavy atom. The summed E-state index contributed by atoms with van der Waals surface area (Å²) in [6.07, 6.45) is 0. The van der Waals surface area contributed by atoms with Gasteiger partial charge in [-0.1, -0.05) is 18.2 Å². The SMILES string of the molecule is CCOC(=O)CN(C(=O)c1c(C)cccc1C)C(C)C. The maximum atomic E-state index is 12.7. The van der Waals surface area contributed by atoms with Gasteiger partial charge in [0.25, 0.3) is 5.91 Å². The van der Waals surface area contributed by atoms with Gasteiger partial charge in [-0.05, 0) is 45.7 Å². The van der Waals surface area contributed by atoms with Crippen LogP contribution in [0.5, 0.6) is 0 Å². The number of rotatable bonds is 5. The van der Waals surface area contributed by atoms with Gasteiger partial charge in [0.2, 0.25) is 0 Å². The first-order valence-corrected chi connectivity index (χ1v) is 6.91. The molecule has 0 heterocycles. The van der Waals surface area contributed by atoms with Crippen LogP contribution in [0.25, 0.3) is 0 Å². The van der Waals surface area contributed by atoms with Crippen LogP contribution in [0.15, 0.2) is 18.2 Å². The van der Waals surface area contributed by atoms with Crippen molar-refractivity contribution in [3.63, 3.8) is 0 Å². The van der Waals surface area contributed by atoms with Crippen molar-refractivity contribution in [3.8, 4) is 0 Å². The van der Waals surface area contributed by atoms with Crippen molar-refractivity contribution in [2.45, 2.75) is 40.7 Å². The van der Waals surface area contributed by atoms with Crippen molar-refractivity contribution < 1.29 is 14.3 Å². The molecule has 0 aliphatic heterocycles. The van der Waals surface area contributed by atoms with Gasteiger partial charge in [0.05, 0.1) is 6.61 Å². The van der Waals surface area contributed by atoms with Gasteiger partial charge in [-0.3, -0.25) is 9.59 Å². The number of amides is 1. The number of nitrogens with zero attached hydrogens (tertiary/aromatic N) is 1. The van der Waals surface area contributed by atoms with Crippen LogP contribution < -0.4 is 0 Å². The summed E-state index contributed by atoms with van der Waals surface area (Å²) < 4.78 is 4.94. The number of aryl methyl sites for hydroxylation is 2. The largest absolute Gasteiger partial charge is 0.465 e. The van der Waals surface area contributed by atoms with Gasteiger partial charge < -0.3 is 9.64 Å². The second-order valence-electron chi connectivity index (χ2n) is 5.10. The lowest BCUT2D eigenvalue weighted by molar-refractivity contribution is -0.144. The molecule has 0 spiro atoms. The smallest absolute Gasteiger partial charge is 0.325 e. The summed E-state index contributed by atoms with van der Waals surface area (Å²) in [4.78, 5) is 25.9. The Morgan fingerprint density at radius 1 is 1.20 bits per heavy atom. The van der Waals surface area contributed by atoms with E-state index in [2.05, 4.69) is 0 Å². The highest BCUT2D eigenvalue weighted by Crippen LogP contribution is 2.17. The zero-order valence-electron chi connectivity index (χ0n) is 12.9. The van der Waals surface area contributed by atoms with Crippen molar-refractivity contribution in [2.24, 2.45) is 0 Å². The number of carbonyl (C=O) groups is 2. The van der Waals surface area contributed by atoms with Crippen molar-refractivity contribution in [3.05, 3.63) is 34.9 Å². The van der Waals surface area contributed by atoms with E-state index in [0.29, 0.717) is 12.2 Å². The van der Waals surface area contributed by atoms with Crippen molar-refractivity contribution in [2.75, 3.05) is 13.2 Å². The van der Waals surface area contributed by atoms with E-state index < -0.39 is 0 Å². The number of hydrogen-bond donors (Lipinski definition) is 0. The number of esters is 1. The molecule has 0 atom stereocenters. The van der Waals surface area contributed by atoms with Crippen LogP contribution in [0.1, 0.15) is 42.3 Å². The minimum atomic E-state index is -0.374. The molecule has 0 radical (unpaired) electrons. The fourth-order valence-electron chi connectivity index (χ4n) is 2.13. The number of carbonyl (C=O) groups excluding carboxylic acids is 2. The second-order valence-corrected chi connectivity index (χ2v) is 5.10. The molecule has 0 aromatic heterocycles. The lowest BCUT2D eigenvalue weighted by Crippen LogP contribution is -2.41. The molecular weight excluding hydrogens is 254 g/mol. The fraction of sp³-hybridized carbons (Fsp3) is 0.500. The molecule has 110 valence electrons. The van der Waals surface area contributed by atoms with Gasteiger partial charge in [-0.2, -0.15) is 0 Å². The topological polar surface area (TPSA) is 46.6 Å². The maximum absolute atomic E-state index is 12.7. The first-order valence-electron chi connectivity index (χ1n) is 6.91. The van der Waals surface area contributed by atoms with Gasteiger partial charge in [0.1, 0.15) is 6.54 Å². The quantitative estimate of drug-likeness (QED) is 0.777. The number of benzene rings is 1. The highest BCUT2D eigenvalue weighted by atomic mass is 16.5. The Hall–Kier alpha value is -1.84. The summed E-state index contributed by atoms with van der Waals surface area (Å²) >= 11 is 0. The molecule has 20 heavy (non-hydrogen) atoms. The lowest BCUT2D eigenvalue weighted by Gasteiger charge is -2.27. The highest BCUT2D eigenvalue weighted by Gasteiger charge is 2.24. The van der Waals surface area contributed by atoms with Crippen molar-refractivity contribution in [1.82, 2.24) is 4.90 Å². The summed E-state index contributed by atoms with van der Waals surface area (Å²) in [5.74, 6) is -0.496. The molecule has 4 heteroatoms. The molecule has 0 saturated carbocycles. The molecule has 0 bridgehead atoms. The summed E-state index contributed by atoms with van der Waals surface area (Å²) in [5, 5.41) is 0. The van der Waals surface area contributed by atoms with Gasteiger partial charge >= 0.3 is 5.97 Å². The van der Waals surface area contributed by atoms with Crippen LogP contribution in [-0.2, 0) is 9.53 Å². The number of hydrogen-bond acceptors (Lipinski definition) is 3. The summed E-state index contributed by atoms with van der Waals surface area (Å²) in [5.41, 5.74) is 2.51. The molecule has 0 fully saturated rings. The predicted octanol–water partition coefficient (Wildman–Crippen LogP) is 2.72. The Labute approximate surface area is 120 Å². The predicted molar refractivity (Wildman–Crippen MR) is 78.7 cm³/mol. The standard InChI is InChI=1S/C16H23NO3/c1-6-20-14(18)10-17(11(2)3)16(19)15-12(4)8-7-9-13(15)5/h7-9,11H,6,10H2,1-5H3. The Balaban J connectivity index is 3.03. The van der Waals surface area contributed by atoms with E-state index in [1.165, 1.54) is 0 Å². The lowest BCUT2D eigenvalue weighted by atomic mass is 10.0. The molecule has 1 amide bonds. The zero-order valence-corrected chi connectivity index (χ0v) is 12.9. The van der Waals surface area contributed by atoms with Gasteiger partial charge in [-0.15, -0.1) is 0 Å². The van der Waals surface area contributed by atoms with Crippen LogP contribution in [0.2, 0.25) is 0 Å². The Morgan fingerprint density at radius 3 is 2.20 bits per heavy atom. The van der Waals surface area contributed by atoms with Crippen LogP contribution in [0.3, 0.4) is 0 Å². The molecule has 1 rings (SSSR count). The molecule has 0 aliphatic carbocycles. The van der Waals surface area contributed by atoms with Crippen molar-refractivity contribution in [1.29, 1.82) is 0 Å². The monoisotopic (exact) mass is 277 g/mol. The van der Waals surface area contributed by atoms with Crippen LogP contribution in [-0.4, -0.2) is 36.0 Å². The minimum Gasteiger partial charge on any atom is -0.465 e. The Kier molecular flexibility index (Phi) is 5.74. The Bertz CT molecular complexity index is 474. The summed E-state index contributed by atoms with van der Waals surface area (Å²) in [7, 11) is 0. The molecule has 0 unspecified atom stereocenters. The average Bonchev–Trinajstić information content (AvgIpc) is 2.35. The molecule has 0 saturated heterocycles. The summed E-state index contributed by atoms with van der Waals surface area (Å²) in [6, 6.07) is 5.67. The van der Waals surface area contributed by atoms with Crippen LogP contribution >= 0.6 is 0 Å². The first kappa shape index (κ1) is 16.2. The fourth-order valence-corrected chi connectivity index (χ4v) is 2.13. The molecule has 0 N–H and O–H groups in total. The third kappa shape index (κ3) is 3.83.